The molecule has 124 valence electrons. The fourth-order valence-electron chi connectivity index (χ4n) is 3.95. The molecule has 2 saturated heterocycles. The van der Waals surface area contributed by atoms with Crippen LogP contribution in [0.1, 0.15) is 45.4 Å². The first kappa shape index (κ1) is 17.2. The van der Waals surface area contributed by atoms with Gasteiger partial charge < -0.3 is 20.1 Å². The third-order valence-corrected chi connectivity index (χ3v) is 5.03. The predicted molar refractivity (Wildman–Crippen MR) is 86.5 cm³/mol. The Hall–Kier alpha value is -0.160. The molecule has 0 aliphatic carbocycles. The number of aliphatic hydroxyl groups is 1. The summed E-state index contributed by atoms with van der Waals surface area (Å²) in [6, 6.07) is 0. The smallest absolute Gasteiger partial charge is 0.0546 e. The van der Waals surface area contributed by atoms with E-state index >= 15 is 0 Å². The number of ether oxygens (including phenoxy) is 1. The van der Waals surface area contributed by atoms with Crippen LogP contribution in [0.25, 0.3) is 0 Å². The van der Waals surface area contributed by atoms with Crippen molar-refractivity contribution in [3.05, 3.63) is 0 Å². The molecule has 2 N–H and O–H groups in total. The Morgan fingerprint density at radius 3 is 3.00 bits per heavy atom. The van der Waals surface area contributed by atoms with Crippen LogP contribution in [0.2, 0.25) is 0 Å². The number of nitrogens with one attached hydrogen (secondary N) is 1. The molecule has 2 aliphatic heterocycles. The Morgan fingerprint density at radius 2 is 2.29 bits per heavy atom. The standard InChI is InChI=1S/C17H34N2O2/c1-2-8-18-13-17(7-4-11-21-15-17)14-19-9-3-5-16(12-19)6-10-20/h16,18,20H,2-15H2,1H3. The third-order valence-electron chi connectivity index (χ3n) is 5.03. The zero-order valence-electron chi connectivity index (χ0n) is 13.8. The summed E-state index contributed by atoms with van der Waals surface area (Å²) in [5.74, 6) is 0.689. The fraction of sp³-hybridized carbons (Fsp3) is 1.00. The van der Waals surface area contributed by atoms with E-state index in [2.05, 4.69) is 17.1 Å². The van der Waals surface area contributed by atoms with E-state index in [-0.39, 0.29) is 0 Å². The van der Waals surface area contributed by atoms with Crippen molar-refractivity contribution in [3.8, 4) is 0 Å². The molecule has 0 radical (unpaired) electrons. The highest BCUT2D eigenvalue weighted by atomic mass is 16.5. The summed E-state index contributed by atoms with van der Waals surface area (Å²) in [6.07, 6.45) is 7.21. The second kappa shape index (κ2) is 9.09. The summed E-state index contributed by atoms with van der Waals surface area (Å²) in [5.41, 5.74) is 0.300. The van der Waals surface area contributed by atoms with Crippen molar-refractivity contribution in [1.29, 1.82) is 0 Å². The Balaban J connectivity index is 1.87. The molecular formula is C17H34N2O2. The topological polar surface area (TPSA) is 44.7 Å². The van der Waals surface area contributed by atoms with Gasteiger partial charge in [-0.3, -0.25) is 0 Å². The molecule has 0 aromatic rings. The lowest BCUT2D eigenvalue weighted by Crippen LogP contribution is -2.51. The Labute approximate surface area is 130 Å². The van der Waals surface area contributed by atoms with Crippen LogP contribution in [0.4, 0.5) is 0 Å². The van der Waals surface area contributed by atoms with Gasteiger partial charge in [-0.2, -0.15) is 0 Å². The van der Waals surface area contributed by atoms with Crippen molar-refractivity contribution < 1.29 is 9.84 Å². The molecule has 0 aromatic heterocycles. The summed E-state index contributed by atoms with van der Waals surface area (Å²) in [5, 5.41) is 12.8. The van der Waals surface area contributed by atoms with E-state index in [1.807, 2.05) is 0 Å². The van der Waals surface area contributed by atoms with Crippen LogP contribution in [0.15, 0.2) is 0 Å². The molecule has 4 nitrogen and oxygen atoms in total. The van der Waals surface area contributed by atoms with Crippen LogP contribution >= 0.6 is 0 Å². The Kier molecular flexibility index (Phi) is 7.44. The number of nitrogens with zero attached hydrogens (tertiary/aromatic N) is 1. The highest BCUT2D eigenvalue weighted by Crippen LogP contribution is 2.31. The average Bonchev–Trinajstić information content (AvgIpc) is 2.49. The maximum absolute atomic E-state index is 9.17. The van der Waals surface area contributed by atoms with Gasteiger partial charge in [0.15, 0.2) is 0 Å². The first-order valence-corrected chi connectivity index (χ1v) is 8.90. The number of rotatable bonds is 8. The molecule has 0 aromatic carbocycles. The van der Waals surface area contributed by atoms with Crippen LogP contribution in [0.3, 0.4) is 0 Å². The van der Waals surface area contributed by atoms with Gasteiger partial charge in [0.2, 0.25) is 0 Å². The van der Waals surface area contributed by atoms with Crippen molar-refractivity contribution in [2.45, 2.75) is 45.4 Å². The van der Waals surface area contributed by atoms with Crippen molar-refractivity contribution in [1.82, 2.24) is 10.2 Å². The molecule has 4 heteroatoms. The molecule has 2 rings (SSSR count). The van der Waals surface area contributed by atoms with Gasteiger partial charge in [-0.25, -0.2) is 0 Å². The lowest BCUT2D eigenvalue weighted by Gasteiger charge is -2.43. The van der Waals surface area contributed by atoms with Gasteiger partial charge in [0, 0.05) is 38.3 Å². The number of hydrogen-bond donors (Lipinski definition) is 2. The number of hydrogen-bond acceptors (Lipinski definition) is 4. The van der Waals surface area contributed by atoms with Crippen molar-refractivity contribution >= 4 is 0 Å². The number of piperidine rings is 1. The lowest BCUT2D eigenvalue weighted by atomic mass is 9.80. The van der Waals surface area contributed by atoms with Gasteiger partial charge in [0.25, 0.3) is 0 Å². The van der Waals surface area contributed by atoms with Crippen LogP contribution < -0.4 is 5.32 Å². The third kappa shape index (κ3) is 5.51. The first-order valence-electron chi connectivity index (χ1n) is 8.90. The molecule has 21 heavy (non-hydrogen) atoms. The van der Waals surface area contributed by atoms with Crippen molar-refractivity contribution in [2.24, 2.45) is 11.3 Å². The van der Waals surface area contributed by atoms with Gasteiger partial charge in [-0.1, -0.05) is 6.92 Å². The fourth-order valence-corrected chi connectivity index (χ4v) is 3.95. The first-order chi connectivity index (χ1) is 10.3. The summed E-state index contributed by atoms with van der Waals surface area (Å²) >= 11 is 0. The van der Waals surface area contributed by atoms with Crippen LogP contribution in [-0.2, 0) is 4.74 Å². The molecule has 0 amide bonds. The largest absolute Gasteiger partial charge is 0.396 e. The maximum Gasteiger partial charge on any atom is 0.0546 e. The molecule has 2 unspecified atom stereocenters. The van der Waals surface area contributed by atoms with E-state index < -0.39 is 0 Å². The van der Waals surface area contributed by atoms with Crippen LogP contribution in [0.5, 0.6) is 0 Å². The minimum atomic E-state index is 0.300. The quantitative estimate of drug-likeness (QED) is 0.672. The second-order valence-electron chi connectivity index (χ2n) is 7.09. The average molecular weight is 298 g/mol. The lowest BCUT2D eigenvalue weighted by molar-refractivity contribution is -0.0326. The predicted octanol–water partition coefficient (Wildman–Crippen LogP) is 1.88. The molecule has 0 spiro atoms. The van der Waals surface area contributed by atoms with Gasteiger partial charge in [-0.05, 0) is 57.5 Å². The van der Waals surface area contributed by atoms with Gasteiger partial charge >= 0.3 is 0 Å². The normalized spacial score (nSPS) is 31.4. The Morgan fingerprint density at radius 1 is 1.38 bits per heavy atom. The zero-order valence-corrected chi connectivity index (χ0v) is 13.8. The summed E-state index contributed by atoms with van der Waals surface area (Å²) < 4.78 is 5.83. The van der Waals surface area contributed by atoms with E-state index in [1.54, 1.807) is 0 Å². The monoisotopic (exact) mass is 298 g/mol. The van der Waals surface area contributed by atoms with Gasteiger partial charge in [-0.15, -0.1) is 0 Å². The Bertz CT molecular complexity index is 278. The van der Waals surface area contributed by atoms with E-state index in [4.69, 9.17) is 4.74 Å². The highest BCUT2D eigenvalue weighted by molar-refractivity contribution is 4.89. The summed E-state index contributed by atoms with van der Waals surface area (Å²) in [4.78, 5) is 2.63. The van der Waals surface area contributed by atoms with E-state index in [0.29, 0.717) is 17.9 Å². The number of aliphatic hydroxyl groups excluding tert-OH is 1. The van der Waals surface area contributed by atoms with Gasteiger partial charge in [0.05, 0.1) is 6.61 Å². The summed E-state index contributed by atoms with van der Waals surface area (Å²) in [7, 11) is 0. The minimum absolute atomic E-state index is 0.300. The van der Waals surface area contributed by atoms with Crippen molar-refractivity contribution in [2.75, 3.05) is 52.5 Å². The molecule has 2 atom stereocenters. The molecule has 2 heterocycles. The van der Waals surface area contributed by atoms with E-state index in [1.165, 1.54) is 38.6 Å². The minimum Gasteiger partial charge on any atom is -0.396 e. The molecule has 2 aliphatic rings. The number of likely N-dealkylation sites (tertiary alicyclic amines) is 1. The van der Waals surface area contributed by atoms with Crippen LogP contribution in [0, 0.1) is 11.3 Å². The molecule has 0 bridgehead atoms. The van der Waals surface area contributed by atoms with E-state index in [9.17, 15) is 5.11 Å². The van der Waals surface area contributed by atoms with Crippen molar-refractivity contribution in [3.63, 3.8) is 0 Å². The maximum atomic E-state index is 9.17. The molecular weight excluding hydrogens is 264 g/mol. The second-order valence-corrected chi connectivity index (χ2v) is 7.09. The molecule has 0 saturated carbocycles. The zero-order chi connectivity index (χ0) is 15.0. The highest BCUT2D eigenvalue weighted by Gasteiger charge is 2.35. The van der Waals surface area contributed by atoms with E-state index in [0.717, 1.165) is 45.8 Å². The van der Waals surface area contributed by atoms with Crippen LogP contribution in [-0.4, -0.2) is 62.6 Å². The van der Waals surface area contributed by atoms with Gasteiger partial charge in [0.1, 0.15) is 0 Å². The molecule has 2 fully saturated rings. The summed E-state index contributed by atoms with van der Waals surface area (Å²) in [6.45, 7) is 10.1. The SMILES string of the molecule is CCCNCC1(CN2CCCC(CCO)C2)CCCOC1.